The molecular weight excluding hydrogens is 282 g/mol. The first-order chi connectivity index (χ1) is 10.7. The summed E-state index contributed by atoms with van der Waals surface area (Å²) in [5.41, 5.74) is 0.758. The highest BCUT2D eigenvalue weighted by Gasteiger charge is 2.37. The van der Waals surface area contributed by atoms with Crippen LogP contribution in [0, 0.1) is 5.92 Å². The Balaban J connectivity index is 1.72. The van der Waals surface area contributed by atoms with Crippen LogP contribution in [0.3, 0.4) is 0 Å². The Bertz CT molecular complexity index is 527. The molecule has 1 heterocycles. The molecule has 22 heavy (non-hydrogen) atoms. The van der Waals surface area contributed by atoms with Gasteiger partial charge in [0.2, 0.25) is 0 Å². The fourth-order valence-corrected chi connectivity index (χ4v) is 3.45. The standard InChI is InChI=1S/C17H23NO4/c1-2-21-13-9-12(10-13)11-18-7-8-22-15-6-4-3-5-14(15)16(18)17(19)20/h3-6,12-13,16H,2,7-11H2,1H3,(H,19,20). The zero-order chi connectivity index (χ0) is 15.5. The van der Waals surface area contributed by atoms with Gasteiger partial charge in [-0.3, -0.25) is 9.69 Å². The van der Waals surface area contributed by atoms with Gasteiger partial charge in [-0.25, -0.2) is 0 Å². The van der Waals surface area contributed by atoms with E-state index in [1.54, 1.807) is 0 Å². The smallest absolute Gasteiger partial charge is 0.325 e. The Hall–Kier alpha value is -1.59. The Morgan fingerprint density at radius 2 is 2.18 bits per heavy atom. The first-order valence-electron chi connectivity index (χ1n) is 7.99. The number of ether oxygens (including phenoxy) is 2. The number of carbonyl (C=O) groups is 1. The first kappa shape index (κ1) is 15.3. The molecule has 3 rings (SSSR count). The van der Waals surface area contributed by atoms with Crippen molar-refractivity contribution >= 4 is 5.97 Å². The highest BCUT2D eigenvalue weighted by molar-refractivity contribution is 5.77. The van der Waals surface area contributed by atoms with E-state index in [-0.39, 0.29) is 0 Å². The minimum Gasteiger partial charge on any atom is -0.492 e. The third kappa shape index (κ3) is 3.10. The van der Waals surface area contributed by atoms with Crippen LogP contribution in [0.2, 0.25) is 0 Å². The van der Waals surface area contributed by atoms with E-state index in [9.17, 15) is 9.90 Å². The monoisotopic (exact) mass is 305 g/mol. The van der Waals surface area contributed by atoms with Crippen molar-refractivity contribution in [3.8, 4) is 5.75 Å². The van der Waals surface area contributed by atoms with Gasteiger partial charge < -0.3 is 14.6 Å². The number of benzene rings is 1. The SMILES string of the molecule is CCOC1CC(CN2CCOc3ccccc3C2C(=O)O)C1. The van der Waals surface area contributed by atoms with Gasteiger partial charge >= 0.3 is 5.97 Å². The maximum Gasteiger partial charge on any atom is 0.325 e. The fourth-order valence-electron chi connectivity index (χ4n) is 3.45. The van der Waals surface area contributed by atoms with Crippen LogP contribution < -0.4 is 4.74 Å². The molecule has 1 fully saturated rings. The molecule has 120 valence electrons. The van der Waals surface area contributed by atoms with Gasteiger partial charge in [-0.2, -0.15) is 0 Å². The number of fused-ring (bicyclic) bond motifs is 1. The minimum atomic E-state index is -0.807. The number of aliphatic carboxylic acids is 1. The second-order valence-electron chi connectivity index (χ2n) is 6.04. The van der Waals surface area contributed by atoms with Crippen LogP contribution in [0.5, 0.6) is 5.75 Å². The van der Waals surface area contributed by atoms with Gasteiger partial charge in [-0.05, 0) is 31.7 Å². The summed E-state index contributed by atoms with van der Waals surface area (Å²) in [6.07, 6.45) is 2.41. The van der Waals surface area contributed by atoms with E-state index < -0.39 is 12.0 Å². The molecule has 0 bridgehead atoms. The second-order valence-corrected chi connectivity index (χ2v) is 6.04. The molecule has 0 radical (unpaired) electrons. The van der Waals surface area contributed by atoms with Crippen LogP contribution in [0.15, 0.2) is 24.3 Å². The molecule has 5 heteroatoms. The van der Waals surface area contributed by atoms with Gasteiger partial charge in [0.15, 0.2) is 0 Å². The lowest BCUT2D eigenvalue weighted by atomic mass is 9.81. The van der Waals surface area contributed by atoms with E-state index in [0.29, 0.717) is 30.9 Å². The fraction of sp³-hybridized carbons (Fsp3) is 0.588. The van der Waals surface area contributed by atoms with E-state index in [0.717, 1.165) is 31.6 Å². The van der Waals surface area contributed by atoms with Crippen LogP contribution in [-0.2, 0) is 9.53 Å². The average molecular weight is 305 g/mol. The van der Waals surface area contributed by atoms with Crippen LogP contribution in [0.1, 0.15) is 31.4 Å². The van der Waals surface area contributed by atoms with Gasteiger partial charge in [-0.1, -0.05) is 18.2 Å². The summed E-state index contributed by atoms with van der Waals surface area (Å²) < 4.78 is 11.3. The van der Waals surface area contributed by atoms with Crippen molar-refractivity contribution in [1.82, 2.24) is 4.90 Å². The summed E-state index contributed by atoms with van der Waals surface area (Å²) >= 11 is 0. The summed E-state index contributed by atoms with van der Waals surface area (Å²) in [6, 6.07) is 6.84. The molecule has 0 amide bonds. The number of rotatable bonds is 5. The van der Waals surface area contributed by atoms with Gasteiger partial charge in [0.05, 0.1) is 6.10 Å². The predicted octanol–water partition coefficient (Wildman–Crippen LogP) is 2.32. The predicted molar refractivity (Wildman–Crippen MR) is 82.0 cm³/mol. The molecular formula is C17H23NO4. The van der Waals surface area contributed by atoms with E-state index in [1.807, 2.05) is 36.1 Å². The van der Waals surface area contributed by atoms with E-state index in [2.05, 4.69) is 0 Å². The molecule has 1 saturated carbocycles. The quantitative estimate of drug-likeness (QED) is 0.904. The molecule has 1 aliphatic heterocycles. The van der Waals surface area contributed by atoms with Gasteiger partial charge in [0.25, 0.3) is 0 Å². The van der Waals surface area contributed by atoms with Crippen LogP contribution >= 0.6 is 0 Å². The third-order valence-corrected chi connectivity index (χ3v) is 4.54. The Kier molecular flexibility index (Phi) is 4.64. The molecule has 1 aromatic carbocycles. The second kappa shape index (κ2) is 6.67. The Morgan fingerprint density at radius 3 is 2.91 bits per heavy atom. The molecule has 1 aromatic rings. The van der Waals surface area contributed by atoms with Crippen molar-refractivity contribution in [2.24, 2.45) is 5.92 Å². The van der Waals surface area contributed by atoms with Gasteiger partial charge in [0.1, 0.15) is 18.4 Å². The lowest BCUT2D eigenvalue weighted by molar-refractivity contribution is -0.144. The summed E-state index contributed by atoms with van der Waals surface area (Å²) in [5, 5.41) is 9.70. The minimum absolute atomic E-state index is 0.355. The summed E-state index contributed by atoms with van der Waals surface area (Å²) in [4.78, 5) is 13.9. The first-order valence-corrected chi connectivity index (χ1v) is 7.99. The van der Waals surface area contributed by atoms with E-state index in [4.69, 9.17) is 9.47 Å². The molecule has 2 aliphatic rings. The average Bonchev–Trinajstić information content (AvgIpc) is 2.64. The molecule has 0 saturated heterocycles. The van der Waals surface area contributed by atoms with Gasteiger partial charge in [-0.15, -0.1) is 0 Å². The largest absolute Gasteiger partial charge is 0.492 e. The van der Waals surface area contributed by atoms with Crippen molar-refractivity contribution in [3.05, 3.63) is 29.8 Å². The van der Waals surface area contributed by atoms with Crippen LogP contribution in [0.4, 0.5) is 0 Å². The molecule has 1 atom stereocenters. The maximum atomic E-state index is 11.8. The van der Waals surface area contributed by atoms with Crippen molar-refractivity contribution in [3.63, 3.8) is 0 Å². The molecule has 0 aromatic heterocycles. The normalized spacial score (nSPS) is 28.1. The Labute approximate surface area is 130 Å². The molecule has 1 unspecified atom stereocenters. The van der Waals surface area contributed by atoms with Gasteiger partial charge in [0, 0.05) is 25.3 Å². The lowest BCUT2D eigenvalue weighted by Gasteiger charge is -2.39. The summed E-state index contributed by atoms with van der Waals surface area (Å²) in [5.74, 6) is 0.403. The zero-order valence-electron chi connectivity index (χ0n) is 12.9. The third-order valence-electron chi connectivity index (χ3n) is 4.54. The number of carboxylic acids is 1. The summed E-state index contributed by atoms with van der Waals surface area (Å²) in [6.45, 7) is 4.72. The van der Waals surface area contributed by atoms with Crippen molar-refractivity contribution in [1.29, 1.82) is 0 Å². The highest BCUT2D eigenvalue weighted by Crippen LogP contribution is 2.36. The molecule has 1 N–H and O–H groups in total. The topological polar surface area (TPSA) is 59.0 Å². The van der Waals surface area contributed by atoms with Crippen LogP contribution in [-0.4, -0.2) is 48.4 Å². The zero-order valence-corrected chi connectivity index (χ0v) is 12.9. The number of nitrogens with zero attached hydrogens (tertiary/aromatic N) is 1. The number of para-hydroxylation sites is 1. The molecule has 5 nitrogen and oxygen atoms in total. The van der Waals surface area contributed by atoms with Crippen molar-refractivity contribution in [2.75, 3.05) is 26.3 Å². The number of hydrogen-bond donors (Lipinski definition) is 1. The lowest BCUT2D eigenvalue weighted by Crippen LogP contribution is -2.43. The maximum absolute atomic E-state index is 11.8. The van der Waals surface area contributed by atoms with Crippen LogP contribution in [0.25, 0.3) is 0 Å². The van der Waals surface area contributed by atoms with Crippen molar-refractivity contribution in [2.45, 2.75) is 31.9 Å². The highest BCUT2D eigenvalue weighted by atomic mass is 16.5. The summed E-state index contributed by atoms with van der Waals surface area (Å²) in [7, 11) is 0. The molecule has 0 spiro atoms. The van der Waals surface area contributed by atoms with E-state index >= 15 is 0 Å². The number of hydrogen-bond acceptors (Lipinski definition) is 4. The Morgan fingerprint density at radius 1 is 1.41 bits per heavy atom. The number of carboxylic acid groups (broad SMARTS) is 1. The molecule has 1 aliphatic carbocycles. The van der Waals surface area contributed by atoms with Crippen molar-refractivity contribution < 1.29 is 19.4 Å². The van der Waals surface area contributed by atoms with E-state index in [1.165, 1.54) is 0 Å².